The molecule has 0 saturated carbocycles. The molecule has 0 radical (unpaired) electrons. The SMILES string of the molecule is Nc1cccc(C(=O)Oc2ccc3ccc4c5cc(Cl)ccc5[nH]c4c3c2)c1Cl. The molecule has 4 aromatic carbocycles. The first-order valence-electron chi connectivity index (χ1n) is 8.91. The third kappa shape index (κ3) is 2.97. The predicted molar refractivity (Wildman–Crippen MR) is 119 cm³/mol. The number of hydrogen-bond acceptors (Lipinski definition) is 3. The van der Waals surface area contributed by atoms with Gasteiger partial charge in [0.15, 0.2) is 0 Å². The molecule has 5 aromatic rings. The number of aromatic amines is 1. The Labute approximate surface area is 175 Å². The minimum atomic E-state index is -0.558. The number of hydrogen-bond donors (Lipinski definition) is 2. The van der Waals surface area contributed by atoms with Gasteiger partial charge in [-0.2, -0.15) is 0 Å². The molecule has 0 spiro atoms. The number of nitrogens with one attached hydrogen (secondary N) is 1. The van der Waals surface area contributed by atoms with E-state index in [1.54, 1.807) is 24.3 Å². The number of esters is 1. The summed E-state index contributed by atoms with van der Waals surface area (Å²) in [6.45, 7) is 0. The third-order valence-corrected chi connectivity index (χ3v) is 5.64. The minimum Gasteiger partial charge on any atom is -0.423 e. The van der Waals surface area contributed by atoms with Crippen LogP contribution in [0.3, 0.4) is 0 Å². The molecule has 0 saturated heterocycles. The van der Waals surface area contributed by atoms with Gasteiger partial charge in [-0.05, 0) is 47.9 Å². The molecule has 0 aliphatic rings. The first kappa shape index (κ1) is 17.9. The van der Waals surface area contributed by atoms with Gasteiger partial charge in [0.25, 0.3) is 0 Å². The molecule has 0 aliphatic carbocycles. The molecule has 29 heavy (non-hydrogen) atoms. The van der Waals surface area contributed by atoms with Gasteiger partial charge in [0.05, 0.1) is 21.8 Å². The number of H-pyrrole nitrogens is 1. The Bertz CT molecular complexity index is 1440. The summed E-state index contributed by atoms with van der Waals surface area (Å²) in [4.78, 5) is 16.0. The van der Waals surface area contributed by atoms with Gasteiger partial charge in [-0.3, -0.25) is 0 Å². The fourth-order valence-corrected chi connectivity index (χ4v) is 3.95. The zero-order valence-corrected chi connectivity index (χ0v) is 16.5. The Balaban J connectivity index is 1.62. The molecule has 0 fully saturated rings. The van der Waals surface area contributed by atoms with Crippen molar-refractivity contribution in [3.8, 4) is 5.75 Å². The number of nitrogens with two attached hydrogens (primary N) is 1. The highest BCUT2D eigenvalue weighted by Crippen LogP contribution is 2.34. The molecule has 0 unspecified atom stereocenters. The number of halogens is 2. The summed E-state index contributed by atoms with van der Waals surface area (Å²) >= 11 is 12.3. The van der Waals surface area contributed by atoms with Crippen LogP contribution in [0.2, 0.25) is 10.0 Å². The van der Waals surface area contributed by atoms with E-state index in [1.165, 1.54) is 0 Å². The second-order valence-corrected chi connectivity index (χ2v) is 7.60. The zero-order valence-electron chi connectivity index (χ0n) is 15.0. The van der Waals surface area contributed by atoms with Gasteiger partial charge in [-0.1, -0.05) is 47.5 Å². The van der Waals surface area contributed by atoms with E-state index in [-0.39, 0.29) is 10.6 Å². The van der Waals surface area contributed by atoms with Crippen LogP contribution in [-0.4, -0.2) is 11.0 Å². The van der Waals surface area contributed by atoms with Crippen molar-refractivity contribution >= 4 is 67.4 Å². The Morgan fingerprint density at radius 3 is 2.59 bits per heavy atom. The van der Waals surface area contributed by atoms with Crippen molar-refractivity contribution in [2.45, 2.75) is 0 Å². The van der Waals surface area contributed by atoms with Gasteiger partial charge in [0, 0.05) is 26.7 Å². The first-order chi connectivity index (χ1) is 14.0. The van der Waals surface area contributed by atoms with Crippen molar-refractivity contribution in [2.24, 2.45) is 0 Å². The second-order valence-electron chi connectivity index (χ2n) is 6.78. The van der Waals surface area contributed by atoms with Crippen LogP contribution < -0.4 is 10.5 Å². The number of fused-ring (bicyclic) bond motifs is 5. The summed E-state index contributed by atoms with van der Waals surface area (Å²) < 4.78 is 5.57. The van der Waals surface area contributed by atoms with Gasteiger partial charge in [-0.25, -0.2) is 4.79 Å². The Morgan fingerprint density at radius 1 is 0.897 bits per heavy atom. The predicted octanol–water partition coefficient (Wildman–Crippen LogP) is 6.58. The normalized spacial score (nSPS) is 11.4. The summed E-state index contributed by atoms with van der Waals surface area (Å²) in [5.41, 5.74) is 8.29. The number of carbonyl (C=O) groups is 1. The lowest BCUT2D eigenvalue weighted by molar-refractivity contribution is 0.0735. The smallest absolute Gasteiger partial charge is 0.345 e. The maximum Gasteiger partial charge on any atom is 0.345 e. The van der Waals surface area contributed by atoms with Crippen LogP contribution in [0.4, 0.5) is 5.69 Å². The van der Waals surface area contributed by atoms with Crippen molar-refractivity contribution in [3.05, 3.63) is 82.3 Å². The molecule has 6 heteroatoms. The van der Waals surface area contributed by atoms with Crippen LogP contribution in [0.15, 0.2) is 66.7 Å². The quantitative estimate of drug-likeness (QED) is 0.192. The monoisotopic (exact) mass is 420 g/mol. The highest BCUT2D eigenvalue weighted by atomic mass is 35.5. The maximum absolute atomic E-state index is 12.6. The summed E-state index contributed by atoms with van der Waals surface area (Å²) in [5, 5.41) is 4.93. The molecule has 0 aliphatic heterocycles. The molecular weight excluding hydrogens is 407 g/mol. The fourth-order valence-electron chi connectivity index (χ4n) is 3.57. The van der Waals surface area contributed by atoms with E-state index < -0.39 is 5.97 Å². The Kier molecular flexibility index (Phi) is 4.12. The van der Waals surface area contributed by atoms with Crippen molar-refractivity contribution in [1.82, 2.24) is 4.98 Å². The molecule has 0 amide bonds. The molecule has 5 rings (SSSR count). The summed E-state index contributed by atoms with van der Waals surface area (Å²) in [5.74, 6) is -0.137. The van der Waals surface area contributed by atoms with E-state index in [0.29, 0.717) is 16.5 Å². The first-order valence-corrected chi connectivity index (χ1v) is 9.67. The minimum absolute atomic E-state index is 0.188. The summed E-state index contributed by atoms with van der Waals surface area (Å²) in [6.07, 6.45) is 0. The second kappa shape index (κ2) is 6.69. The summed E-state index contributed by atoms with van der Waals surface area (Å²) in [6, 6.07) is 20.2. The lowest BCUT2D eigenvalue weighted by atomic mass is 10.1. The number of carbonyl (C=O) groups excluding carboxylic acids is 1. The van der Waals surface area contributed by atoms with Crippen molar-refractivity contribution in [3.63, 3.8) is 0 Å². The van der Waals surface area contributed by atoms with E-state index >= 15 is 0 Å². The number of aromatic nitrogens is 1. The molecule has 1 aromatic heterocycles. The van der Waals surface area contributed by atoms with Crippen molar-refractivity contribution in [1.29, 1.82) is 0 Å². The molecular formula is C23H14Cl2N2O2. The molecule has 3 N–H and O–H groups in total. The van der Waals surface area contributed by atoms with E-state index in [1.807, 2.05) is 36.4 Å². The number of benzene rings is 4. The molecule has 0 bridgehead atoms. The van der Waals surface area contributed by atoms with E-state index in [9.17, 15) is 4.79 Å². The zero-order chi connectivity index (χ0) is 20.1. The number of rotatable bonds is 2. The van der Waals surface area contributed by atoms with Crippen LogP contribution in [-0.2, 0) is 0 Å². The summed E-state index contributed by atoms with van der Waals surface area (Å²) in [7, 11) is 0. The topological polar surface area (TPSA) is 68.1 Å². The largest absolute Gasteiger partial charge is 0.423 e. The van der Waals surface area contributed by atoms with E-state index in [0.717, 1.165) is 32.6 Å². The molecule has 142 valence electrons. The highest BCUT2D eigenvalue weighted by Gasteiger charge is 2.15. The average molecular weight is 421 g/mol. The van der Waals surface area contributed by atoms with Crippen molar-refractivity contribution in [2.75, 3.05) is 5.73 Å². The van der Waals surface area contributed by atoms with Gasteiger partial charge in [0.2, 0.25) is 0 Å². The van der Waals surface area contributed by atoms with Crippen LogP contribution in [0, 0.1) is 0 Å². The Morgan fingerprint density at radius 2 is 1.72 bits per heavy atom. The van der Waals surface area contributed by atoms with Crippen LogP contribution in [0.1, 0.15) is 10.4 Å². The van der Waals surface area contributed by atoms with Gasteiger partial charge in [0.1, 0.15) is 5.75 Å². The van der Waals surface area contributed by atoms with E-state index in [2.05, 4.69) is 11.1 Å². The lowest BCUT2D eigenvalue weighted by Crippen LogP contribution is -2.10. The van der Waals surface area contributed by atoms with Crippen molar-refractivity contribution < 1.29 is 9.53 Å². The number of nitrogen functional groups attached to an aromatic ring is 1. The van der Waals surface area contributed by atoms with Gasteiger partial charge in [-0.15, -0.1) is 0 Å². The van der Waals surface area contributed by atoms with E-state index in [4.69, 9.17) is 33.7 Å². The van der Waals surface area contributed by atoms with Crippen LogP contribution >= 0.6 is 23.2 Å². The Hall–Kier alpha value is -3.21. The maximum atomic E-state index is 12.6. The fraction of sp³-hybridized carbons (Fsp3) is 0. The lowest BCUT2D eigenvalue weighted by Gasteiger charge is -2.08. The number of anilines is 1. The highest BCUT2D eigenvalue weighted by molar-refractivity contribution is 6.36. The van der Waals surface area contributed by atoms with Crippen LogP contribution in [0.25, 0.3) is 32.6 Å². The van der Waals surface area contributed by atoms with Gasteiger partial charge < -0.3 is 15.5 Å². The third-order valence-electron chi connectivity index (χ3n) is 4.98. The standard InChI is InChI=1S/C23H14Cl2N2O2/c24-13-6-9-20-18(10-13)15-8-5-12-4-7-14(11-17(12)22(15)27-20)29-23(28)16-2-1-3-19(26)21(16)25/h1-11,27H,26H2. The van der Waals surface area contributed by atoms with Crippen LogP contribution in [0.5, 0.6) is 5.75 Å². The molecule has 4 nitrogen and oxygen atoms in total. The molecule has 0 atom stereocenters. The average Bonchev–Trinajstić information content (AvgIpc) is 3.08. The number of ether oxygens (including phenoxy) is 1. The molecule has 1 heterocycles. The van der Waals surface area contributed by atoms with Gasteiger partial charge >= 0.3 is 5.97 Å².